The first-order valence-corrected chi connectivity index (χ1v) is 9.43. The van der Waals surface area contributed by atoms with Gasteiger partial charge in [-0.15, -0.1) is 0 Å². The van der Waals surface area contributed by atoms with Crippen molar-refractivity contribution in [2.45, 2.75) is 50.1 Å². The van der Waals surface area contributed by atoms with E-state index in [0.717, 1.165) is 12.1 Å². The second-order valence-corrected chi connectivity index (χ2v) is 7.45. The second-order valence-electron chi connectivity index (χ2n) is 7.45. The van der Waals surface area contributed by atoms with Crippen LogP contribution in [-0.2, 0) is 21.9 Å². The SMILES string of the molecule is C[C@@H](O[C@@H](c1ccc(F)cc1)[C@@H]1NC(=O)C[C@@H]1O)c1cc(C(F)(F)F)cc(C(F)(F)F)c1. The molecule has 1 aliphatic heterocycles. The quantitative estimate of drug-likeness (QED) is 0.616. The molecule has 0 unspecified atom stereocenters. The maximum Gasteiger partial charge on any atom is 0.416 e. The van der Waals surface area contributed by atoms with Gasteiger partial charge in [0.15, 0.2) is 0 Å². The number of rotatable bonds is 5. The Bertz CT molecular complexity index is 941. The number of alkyl halides is 6. The Morgan fingerprint density at radius 3 is 1.94 bits per heavy atom. The van der Waals surface area contributed by atoms with Crippen molar-refractivity contribution >= 4 is 5.91 Å². The fourth-order valence-electron chi connectivity index (χ4n) is 3.47. The Morgan fingerprint density at radius 2 is 1.50 bits per heavy atom. The van der Waals surface area contributed by atoms with Crippen molar-refractivity contribution in [3.63, 3.8) is 0 Å². The first-order valence-electron chi connectivity index (χ1n) is 9.43. The molecular weight excluding hydrogens is 447 g/mol. The lowest BCUT2D eigenvalue weighted by Crippen LogP contribution is -2.39. The summed E-state index contributed by atoms with van der Waals surface area (Å²) in [5.74, 6) is -1.10. The molecule has 0 radical (unpaired) electrons. The van der Waals surface area contributed by atoms with E-state index in [1.54, 1.807) is 0 Å². The van der Waals surface area contributed by atoms with Crippen molar-refractivity contribution < 1.29 is 45.4 Å². The van der Waals surface area contributed by atoms with Gasteiger partial charge in [0, 0.05) is 0 Å². The zero-order valence-electron chi connectivity index (χ0n) is 16.5. The van der Waals surface area contributed by atoms with Crippen molar-refractivity contribution in [1.82, 2.24) is 5.32 Å². The minimum atomic E-state index is -5.03. The van der Waals surface area contributed by atoms with Crippen LogP contribution in [0.3, 0.4) is 0 Å². The molecule has 1 amide bonds. The molecule has 1 saturated heterocycles. The van der Waals surface area contributed by atoms with Crippen LogP contribution < -0.4 is 5.32 Å². The number of benzene rings is 2. The van der Waals surface area contributed by atoms with Gasteiger partial charge in [0.1, 0.15) is 11.9 Å². The number of halogens is 7. The summed E-state index contributed by atoms with van der Waals surface area (Å²) in [4.78, 5) is 11.7. The van der Waals surface area contributed by atoms with Gasteiger partial charge in [0.2, 0.25) is 5.91 Å². The van der Waals surface area contributed by atoms with Crippen LogP contribution in [0.4, 0.5) is 30.7 Å². The molecule has 3 rings (SSSR count). The highest BCUT2D eigenvalue weighted by Crippen LogP contribution is 2.39. The third-order valence-corrected chi connectivity index (χ3v) is 5.09. The Morgan fingerprint density at radius 1 is 0.969 bits per heavy atom. The number of ether oxygens (including phenoxy) is 1. The summed E-state index contributed by atoms with van der Waals surface area (Å²) < 4.78 is 98.2. The standard InChI is InChI=1S/C21H18F7NO3/c1-10(12-6-13(20(23,24)25)8-14(7-12)21(26,27)28)32-19(11-2-4-15(22)5-3-11)18-16(30)9-17(31)29-18/h2-8,10,16,18-19,30H,9H2,1H3,(H,29,31)/t10-,16+,18-,19+/m1/s1. The normalized spacial score (nSPS) is 21.3. The van der Waals surface area contributed by atoms with E-state index in [4.69, 9.17) is 4.74 Å². The average Bonchev–Trinajstić information content (AvgIpc) is 3.02. The van der Waals surface area contributed by atoms with Crippen LogP contribution in [-0.4, -0.2) is 23.2 Å². The van der Waals surface area contributed by atoms with Gasteiger partial charge in [-0.1, -0.05) is 12.1 Å². The molecule has 32 heavy (non-hydrogen) atoms. The van der Waals surface area contributed by atoms with Crippen LogP contribution >= 0.6 is 0 Å². The van der Waals surface area contributed by atoms with E-state index in [1.807, 2.05) is 0 Å². The number of hydrogen-bond acceptors (Lipinski definition) is 3. The molecule has 2 aromatic rings. The Labute approximate surface area is 178 Å². The van der Waals surface area contributed by atoms with Gasteiger partial charge in [0.05, 0.1) is 35.8 Å². The molecule has 0 spiro atoms. The Hall–Kier alpha value is -2.66. The first-order chi connectivity index (χ1) is 14.8. The number of aliphatic hydroxyl groups is 1. The van der Waals surface area contributed by atoms with Crippen LogP contribution in [0.5, 0.6) is 0 Å². The highest BCUT2D eigenvalue weighted by atomic mass is 19.4. The zero-order chi connectivity index (χ0) is 23.8. The zero-order valence-corrected chi connectivity index (χ0v) is 16.5. The highest BCUT2D eigenvalue weighted by Gasteiger charge is 2.40. The summed E-state index contributed by atoms with van der Waals surface area (Å²) in [6.45, 7) is 1.25. The number of nitrogens with one attached hydrogen (secondary N) is 1. The summed E-state index contributed by atoms with van der Waals surface area (Å²) in [6.07, 6.45) is -14.0. The van der Waals surface area contributed by atoms with Gasteiger partial charge in [-0.25, -0.2) is 4.39 Å². The number of amides is 1. The molecule has 11 heteroatoms. The summed E-state index contributed by atoms with van der Waals surface area (Å²) in [6, 6.07) is 4.79. The van der Waals surface area contributed by atoms with Gasteiger partial charge in [-0.2, -0.15) is 26.3 Å². The summed E-state index contributed by atoms with van der Waals surface area (Å²) >= 11 is 0. The van der Waals surface area contributed by atoms with E-state index in [2.05, 4.69) is 5.32 Å². The Balaban J connectivity index is 1.99. The maximum absolute atomic E-state index is 13.3. The number of carbonyl (C=O) groups is 1. The molecule has 2 aromatic carbocycles. The van der Waals surface area contributed by atoms with E-state index in [9.17, 15) is 40.6 Å². The lowest BCUT2D eigenvalue weighted by Gasteiger charge is -2.30. The van der Waals surface area contributed by atoms with Crippen LogP contribution in [0.2, 0.25) is 0 Å². The molecular formula is C21H18F7NO3. The van der Waals surface area contributed by atoms with Crippen molar-refractivity contribution in [1.29, 1.82) is 0 Å². The third-order valence-electron chi connectivity index (χ3n) is 5.09. The molecule has 1 heterocycles. The van der Waals surface area contributed by atoms with E-state index in [1.165, 1.54) is 19.1 Å². The average molecular weight is 465 g/mol. The van der Waals surface area contributed by atoms with Gasteiger partial charge in [-0.3, -0.25) is 4.79 Å². The summed E-state index contributed by atoms with van der Waals surface area (Å²) in [5, 5.41) is 12.7. The predicted molar refractivity (Wildman–Crippen MR) is 97.6 cm³/mol. The van der Waals surface area contributed by atoms with Crippen molar-refractivity contribution in [2.24, 2.45) is 0 Å². The summed E-state index contributed by atoms with van der Waals surface area (Å²) in [7, 11) is 0. The topological polar surface area (TPSA) is 58.6 Å². The maximum atomic E-state index is 13.3. The van der Waals surface area contributed by atoms with Crippen LogP contribution in [0.1, 0.15) is 47.8 Å². The number of aliphatic hydroxyl groups excluding tert-OH is 1. The molecule has 4 atom stereocenters. The largest absolute Gasteiger partial charge is 0.416 e. The Kier molecular flexibility index (Phi) is 6.52. The van der Waals surface area contributed by atoms with Crippen LogP contribution in [0.25, 0.3) is 0 Å². The summed E-state index contributed by atoms with van der Waals surface area (Å²) in [5.41, 5.74) is -3.12. The third kappa shape index (κ3) is 5.39. The smallest absolute Gasteiger partial charge is 0.390 e. The highest BCUT2D eigenvalue weighted by molar-refractivity contribution is 5.79. The van der Waals surface area contributed by atoms with E-state index in [-0.39, 0.29) is 18.1 Å². The number of carbonyl (C=O) groups excluding carboxylic acids is 1. The van der Waals surface area contributed by atoms with Gasteiger partial charge in [0.25, 0.3) is 0 Å². The molecule has 0 aromatic heterocycles. The molecule has 0 aliphatic carbocycles. The van der Waals surface area contributed by atoms with E-state index in [0.29, 0.717) is 12.1 Å². The lowest BCUT2D eigenvalue weighted by molar-refractivity contribution is -0.143. The van der Waals surface area contributed by atoms with Crippen LogP contribution in [0.15, 0.2) is 42.5 Å². The van der Waals surface area contributed by atoms with E-state index >= 15 is 0 Å². The molecule has 174 valence electrons. The fraction of sp³-hybridized carbons (Fsp3) is 0.381. The van der Waals surface area contributed by atoms with Crippen LogP contribution in [0, 0.1) is 5.82 Å². The van der Waals surface area contributed by atoms with Crippen molar-refractivity contribution in [3.8, 4) is 0 Å². The lowest BCUT2D eigenvalue weighted by atomic mass is 9.97. The van der Waals surface area contributed by atoms with Gasteiger partial charge < -0.3 is 15.2 Å². The monoisotopic (exact) mass is 465 g/mol. The first kappa shape index (κ1) is 24.0. The number of hydrogen-bond donors (Lipinski definition) is 2. The van der Waals surface area contributed by atoms with E-state index < -0.39 is 65.1 Å². The molecule has 2 N–H and O–H groups in total. The van der Waals surface area contributed by atoms with Gasteiger partial charge in [-0.05, 0) is 48.4 Å². The minimum absolute atomic E-state index is 0.00855. The molecule has 1 aliphatic rings. The van der Waals surface area contributed by atoms with Gasteiger partial charge >= 0.3 is 12.4 Å². The molecule has 0 saturated carbocycles. The molecule has 1 fully saturated rings. The fourth-order valence-corrected chi connectivity index (χ4v) is 3.47. The molecule has 0 bridgehead atoms. The van der Waals surface area contributed by atoms with Crippen molar-refractivity contribution in [2.75, 3.05) is 0 Å². The second kappa shape index (κ2) is 8.70. The predicted octanol–water partition coefficient (Wildman–Crippen LogP) is 4.93. The minimum Gasteiger partial charge on any atom is -0.390 e. The van der Waals surface area contributed by atoms with Crippen molar-refractivity contribution in [3.05, 3.63) is 70.5 Å². The molecule has 4 nitrogen and oxygen atoms in total.